The van der Waals surface area contributed by atoms with Gasteiger partial charge in [0.1, 0.15) is 0 Å². The standard InChI is InChI=1S/C6H12O3.C2H6/c1-6(5-7-2)8-3-4-9-6;1-2/h3-5H2,1-2H3;1-2H3. The molecule has 1 heterocycles. The van der Waals surface area contributed by atoms with Crippen molar-refractivity contribution in [2.45, 2.75) is 26.6 Å². The Hall–Kier alpha value is -0.120. The van der Waals surface area contributed by atoms with E-state index in [1.807, 2.05) is 20.8 Å². The quantitative estimate of drug-likeness (QED) is 0.614. The van der Waals surface area contributed by atoms with Gasteiger partial charge in [0.15, 0.2) is 5.79 Å². The first kappa shape index (κ1) is 10.9. The maximum atomic E-state index is 5.23. The molecule has 1 aliphatic rings. The Labute approximate surface area is 68.6 Å². The summed E-state index contributed by atoms with van der Waals surface area (Å²) in [5, 5.41) is 0. The van der Waals surface area contributed by atoms with Crippen molar-refractivity contribution in [2.75, 3.05) is 26.9 Å². The zero-order chi connectivity index (χ0) is 8.74. The molecule has 0 amide bonds. The molecule has 3 heteroatoms. The van der Waals surface area contributed by atoms with E-state index in [1.165, 1.54) is 0 Å². The van der Waals surface area contributed by atoms with Crippen LogP contribution in [0.15, 0.2) is 0 Å². The molecule has 0 spiro atoms. The highest BCUT2D eigenvalue weighted by Gasteiger charge is 2.30. The van der Waals surface area contributed by atoms with Gasteiger partial charge in [-0.2, -0.15) is 0 Å². The average molecular weight is 162 g/mol. The minimum absolute atomic E-state index is 0.477. The molecular formula is C8H18O3. The maximum Gasteiger partial charge on any atom is 0.189 e. The second kappa shape index (κ2) is 5.52. The van der Waals surface area contributed by atoms with Gasteiger partial charge in [0.05, 0.1) is 19.8 Å². The predicted molar refractivity (Wildman–Crippen MR) is 43.5 cm³/mol. The molecule has 1 saturated heterocycles. The lowest BCUT2D eigenvalue weighted by Crippen LogP contribution is -2.31. The summed E-state index contributed by atoms with van der Waals surface area (Å²) in [6.07, 6.45) is 0. The van der Waals surface area contributed by atoms with Crippen LogP contribution in [0, 0.1) is 0 Å². The summed E-state index contributed by atoms with van der Waals surface area (Å²) in [6, 6.07) is 0. The lowest BCUT2D eigenvalue weighted by atomic mass is 10.3. The van der Waals surface area contributed by atoms with Crippen LogP contribution in [0.5, 0.6) is 0 Å². The Morgan fingerprint density at radius 3 is 2.09 bits per heavy atom. The normalized spacial score (nSPS) is 20.7. The lowest BCUT2D eigenvalue weighted by Gasteiger charge is -2.20. The Morgan fingerprint density at radius 1 is 1.27 bits per heavy atom. The predicted octanol–water partition coefficient (Wildman–Crippen LogP) is 1.42. The van der Waals surface area contributed by atoms with Crippen LogP contribution >= 0.6 is 0 Å². The minimum Gasteiger partial charge on any atom is -0.379 e. The van der Waals surface area contributed by atoms with Crippen LogP contribution in [-0.4, -0.2) is 32.7 Å². The van der Waals surface area contributed by atoms with Crippen molar-refractivity contribution in [3.05, 3.63) is 0 Å². The monoisotopic (exact) mass is 162 g/mol. The average Bonchev–Trinajstić information content (AvgIpc) is 2.41. The van der Waals surface area contributed by atoms with Gasteiger partial charge in [-0.05, 0) is 6.92 Å². The summed E-state index contributed by atoms with van der Waals surface area (Å²) < 4.78 is 15.3. The van der Waals surface area contributed by atoms with E-state index < -0.39 is 5.79 Å². The van der Waals surface area contributed by atoms with Crippen LogP contribution in [0.25, 0.3) is 0 Å². The number of hydrogen-bond donors (Lipinski definition) is 0. The van der Waals surface area contributed by atoms with E-state index in [-0.39, 0.29) is 0 Å². The molecule has 68 valence electrons. The van der Waals surface area contributed by atoms with Crippen LogP contribution < -0.4 is 0 Å². The topological polar surface area (TPSA) is 27.7 Å². The van der Waals surface area contributed by atoms with Crippen LogP contribution in [0.2, 0.25) is 0 Å². The van der Waals surface area contributed by atoms with Gasteiger partial charge in [-0.3, -0.25) is 0 Å². The third-order valence-electron chi connectivity index (χ3n) is 1.30. The highest BCUT2D eigenvalue weighted by Crippen LogP contribution is 2.17. The highest BCUT2D eigenvalue weighted by atomic mass is 16.7. The summed E-state index contributed by atoms with van der Waals surface area (Å²) in [7, 11) is 1.64. The molecule has 0 radical (unpaired) electrons. The smallest absolute Gasteiger partial charge is 0.189 e. The van der Waals surface area contributed by atoms with Crippen molar-refractivity contribution < 1.29 is 14.2 Å². The fraction of sp³-hybridized carbons (Fsp3) is 1.00. The van der Waals surface area contributed by atoms with Gasteiger partial charge in [-0.15, -0.1) is 0 Å². The molecule has 1 fully saturated rings. The summed E-state index contributed by atoms with van der Waals surface area (Å²) >= 11 is 0. The zero-order valence-electron chi connectivity index (χ0n) is 7.85. The van der Waals surface area contributed by atoms with Crippen molar-refractivity contribution in [3.8, 4) is 0 Å². The Kier molecular flexibility index (Phi) is 5.46. The Bertz CT molecular complexity index is 87.3. The molecule has 0 aromatic rings. The molecule has 11 heavy (non-hydrogen) atoms. The molecule has 0 aromatic carbocycles. The van der Waals surface area contributed by atoms with E-state index in [4.69, 9.17) is 14.2 Å². The lowest BCUT2D eigenvalue weighted by molar-refractivity contribution is -0.174. The second-order valence-electron chi connectivity index (χ2n) is 2.26. The van der Waals surface area contributed by atoms with E-state index in [0.29, 0.717) is 19.8 Å². The third kappa shape index (κ3) is 3.70. The van der Waals surface area contributed by atoms with E-state index in [1.54, 1.807) is 7.11 Å². The maximum absolute atomic E-state index is 5.23. The number of ether oxygens (including phenoxy) is 3. The van der Waals surface area contributed by atoms with E-state index in [9.17, 15) is 0 Å². The summed E-state index contributed by atoms with van der Waals surface area (Å²) in [5.41, 5.74) is 0. The number of rotatable bonds is 2. The number of hydrogen-bond acceptors (Lipinski definition) is 3. The van der Waals surface area contributed by atoms with Crippen molar-refractivity contribution >= 4 is 0 Å². The third-order valence-corrected chi connectivity index (χ3v) is 1.30. The van der Waals surface area contributed by atoms with Crippen LogP contribution in [0.3, 0.4) is 0 Å². The van der Waals surface area contributed by atoms with Crippen molar-refractivity contribution in [2.24, 2.45) is 0 Å². The van der Waals surface area contributed by atoms with Crippen molar-refractivity contribution in [1.29, 1.82) is 0 Å². The number of methoxy groups -OCH3 is 1. The van der Waals surface area contributed by atoms with Gasteiger partial charge < -0.3 is 14.2 Å². The molecule has 0 aromatic heterocycles. The molecular weight excluding hydrogens is 144 g/mol. The SMILES string of the molecule is CC.COCC1(C)OCCO1. The van der Waals surface area contributed by atoms with E-state index in [0.717, 1.165) is 0 Å². The minimum atomic E-state index is -0.477. The largest absolute Gasteiger partial charge is 0.379 e. The summed E-state index contributed by atoms with van der Waals surface area (Å²) in [6.45, 7) is 7.75. The van der Waals surface area contributed by atoms with Crippen LogP contribution in [0.1, 0.15) is 20.8 Å². The molecule has 0 bridgehead atoms. The molecule has 0 saturated carbocycles. The van der Waals surface area contributed by atoms with Gasteiger partial charge >= 0.3 is 0 Å². The van der Waals surface area contributed by atoms with Crippen molar-refractivity contribution in [3.63, 3.8) is 0 Å². The van der Waals surface area contributed by atoms with Crippen LogP contribution in [-0.2, 0) is 14.2 Å². The second-order valence-corrected chi connectivity index (χ2v) is 2.26. The fourth-order valence-electron chi connectivity index (χ4n) is 0.902. The summed E-state index contributed by atoms with van der Waals surface area (Å²) in [4.78, 5) is 0. The van der Waals surface area contributed by atoms with Gasteiger partial charge in [0, 0.05) is 7.11 Å². The van der Waals surface area contributed by atoms with Gasteiger partial charge in [-0.1, -0.05) is 13.8 Å². The zero-order valence-corrected chi connectivity index (χ0v) is 7.85. The van der Waals surface area contributed by atoms with Gasteiger partial charge in [0.2, 0.25) is 0 Å². The summed E-state index contributed by atoms with van der Waals surface area (Å²) in [5.74, 6) is -0.477. The molecule has 0 N–H and O–H groups in total. The van der Waals surface area contributed by atoms with Gasteiger partial charge in [0.25, 0.3) is 0 Å². The molecule has 1 aliphatic heterocycles. The van der Waals surface area contributed by atoms with Crippen LogP contribution in [0.4, 0.5) is 0 Å². The first-order chi connectivity index (χ1) is 5.27. The van der Waals surface area contributed by atoms with E-state index in [2.05, 4.69) is 0 Å². The molecule has 0 aliphatic carbocycles. The van der Waals surface area contributed by atoms with Crippen molar-refractivity contribution in [1.82, 2.24) is 0 Å². The first-order valence-electron chi connectivity index (χ1n) is 4.04. The Balaban J connectivity index is 0.000000461. The molecule has 3 nitrogen and oxygen atoms in total. The first-order valence-corrected chi connectivity index (χ1v) is 4.04. The van der Waals surface area contributed by atoms with E-state index >= 15 is 0 Å². The molecule has 1 rings (SSSR count). The Morgan fingerprint density at radius 2 is 1.73 bits per heavy atom. The highest BCUT2D eigenvalue weighted by molar-refractivity contribution is 4.65. The molecule has 0 atom stereocenters. The fourth-order valence-corrected chi connectivity index (χ4v) is 0.902. The van der Waals surface area contributed by atoms with Gasteiger partial charge in [-0.25, -0.2) is 0 Å². The molecule has 0 unspecified atom stereocenters.